The van der Waals surface area contributed by atoms with Crippen molar-refractivity contribution in [3.05, 3.63) is 24.0 Å². The fourth-order valence-corrected chi connectivity index (χ4v) is 2.40. The molecule has 16 heavy (non-hydrogen) atoms. The number of hydrogen-bond acceptors (Lipinski definition) is 4. The zero-order valence-electron chi connectivity index (χ0n) is 8.93. The third kappa shape index (κ3) is 1.36. The summed E-state index contributed by atoms with van der Waals surface area (Å²) in [6.07, 6.45) is 5.60. The van der Waals surface area contributed by atoms with Crippen molar-refractivity contribution in [2.75, 3.05) is 18.0 Å². The van der Waals surface area contributed by atoms with Crippen molar-refractivity contribution in [3.63, 3.8) is 0 Å². The fourth-order valence-electron chi connectivity index (χ4n) is 2.40. The first-order valence-corrected chi connectivity index (χ1v) is 5.54. The second-order valence-electron chi connectivity index (χ2n) is 4.74. The van der Waals surface area contributed by atoms with Gasteiger partial charge in [0.15, 0.2) is 0 Å². The highest BCUT2D eigenvalue weighted by Gasteiger charge is 2.52. The van der Waals surface area contributed by atoms with Crippen LogP contribution in [0.3, 0.4) is 0 Å². The summed E-state index contributed by atoms with van der Waals surface area (Å²) in [5.74, 6) is 0.478. The lowest BCUT2D eigenvalue weighted by Crippen LogP contribution is -2.63. The molecule has 82 valence electrons. The Hall–Kier alpha value is -1.60. The van der Waals surface area contributed by atoms with Crippen LogP contribution in [0.2, 0.25) is 0 Å². The van der Waals surface area contributed by atoms with Gasteiger partial charge in [-0.15, -0.1) is 0 Å². The Labute approximate surface area is 94.1 Å². The number of rotatable bonds is 2. The predicted octanol–water partition coefficient (Wildman–Crippen LogP) is 0.914. The Kier molecular flexibility index (Phi) is 1.92. The Morgan fingerprint density at radius 3 is 2.88 bits per heavy atom. The number of nitrogens with zero attached hydrogens (tertiary/aromatic N) is 3. The molecule has 1 N–H and O–H groups in total. The number of nitriles is 1. The Morgan fingerprint density at radius 2 is 2.25 bits per heavy atom. The summed E-state index contributed by atoms with van der Waals surface area (Å²) in [6, 6.07) is 3.87. The van der Waals surface area contributed by atoms with Crippen LogP contribution in [0.1, 0.15) is 18.4 Å². The van der Waals surface area contributed by atoms with Gasteiger partial charge in [-0.25, -0.2) is 0 Å². The molecule has 0 bridgehead atoms. The van der Waals surface area contributed by atoms with E-state index in [-0.39, 0.29) is 0 Å². The molecule has 0 radical (unpaired) electrons. The molecule has 0 aromatic carbocycles. The SMILES string of the molecule is N#Cc1ccncc1N1CC(O)(C2CC2)C1. The minimum absolute atomic E-state index is 0.478. The van der Waals surface area contributed by atoms with Gasteiger partial charge < -0.3 is 10.0 Å². The van der Waals surface area contributed by atoms with Crippen molar-refractivity contribution in [3.8, 4) is 6.07 Å². The van der Waals surface area contributed by atoms with Crippen LogP contribution in [0.15, 0.2) is 18.5 Å². The van der Waals surface area contributed by atoms with Crippen LogP contribution in [0, 0.1) is 17.2 Å². The van der Waals surface area contributed by atoms with Crippen molar-refractivity contribution >= 4 is 5.69 Å². The lowest BCUT2D eigenvalue weighted by Gasteiger charge is -2.48. The molecule has 0 spiro atoms. The van der Waals surface area contributed by atoms with E-state index in [1.165, 1.54) is 0 Å². The van der Waals surface area contributed by atoms with Crippen molar-refractivity contribution in [1.82, 2.24) is 4.98 Å². The van der Waals surface area contributed by atoms with Crippen LogP contribution in [-0.2, 0) is 0 Å². The average Bonchev–Trinajstić information content (AvgIpc) is 3.09. The molecule has 2 aliphatic rings. The second kappa shape index (κ2) is 3.19. The molecule has 0 unspecified atom stereocenters. The number of aromatic nitrogens is 1. The largest absolute Gasteiger partial charge is 0.386 e. The van der Waals surface area contributed by atoms with Crippen LogP contribution in [-0.4, -0.2) is 28.8 Å². The molecular weight excluding hydrogens is 202 g/mol. The molecule has 1 saturated carbocycles. The van der Waals surface area contributed by atoms with Crippen LogP contribution < -0.4 is 4.90 Å². The van der Waals surface area contributed by atoms with E-state index in [2.05, 4.69) is 11.1 Å². The molecule has 1 aromatic rings. The number of β-amino-alcohol motifs (C(OH)–C–C–N with tert-alkyl or cyclic N) is 1. The van der Waals surface area contributed by atoms with E-state index in [1.54, 1.807) is 18.5 Å². The van der Waals surface area contributed by atoms with Gasteiger partial charge in [0.25, 0.3) is 0 Å². The number of aliphatic hydroxyl groups is 1. The first-order valence-electron chi connectivity index (χ1n) is 5.54. The number of hydrogen-bond donors (Lipinski definition) is 1. The first-order chi connectivity index (χ1) is 7.73. The summed E-state index contributed by atoms with van der Waals surface area (Å²) < 4.78 is 0. The van der Waals surface area contributed by atoms with Gasteiger partial charge in [-0.05, 0) is 24.8 Å². The lowest BCUT2D eigenvalue weighted by molar-refractivity contribution is -0.00935. The Balaban J connectivity index is 1.78. The minimum atomic E-state index is -0.511. The molecule has 1 aromatic heterocycles. The summed E-state index contributed by atoms with van der Waals surface area (Å²) >= 11 is 0. The molecule has 1 aliphatic carbocycles. The van der Waals surface area contributed by atoms with Crippen molar-refractivity contribution in [2.24, 2.45) is 5.92 Å². The fraction of sp³-hybridized carbons (Fsp3) is 0.500. The zero-order chi connectivity index (χ0) is 11.2. The van der Waals surface area contributed by atoms with Gasteiger partial charge in [-0.2, -0.15) is 5.26 Å². The van der Waals surface area contributed by atoms with Crippen molar-refractivity contribution < 1.29 is 5.11 Å². The van der Waals surface area contributed by atoms with E-state index in [1.807, 2.05) is 4.90 Å². The first kappa shape index (κ1) is 9.61. The van der Waals surface area contributed by atoms with E-state index < -0.39 is 5.60 Å². The van der Waals surface area contributed by atoms with E-state index in [0.29, 0.717) is 24.6 Å². The van der Waals surface area contributed by atoms with Crippen molar-refractivity contribution in [1.29, 1.82) is 5.26 Å². The summed E-state index contributed by atoms with van der Waals surface area (Å²) in [7, 11) is 0. The third-order valence-electron chi connectivity index (χ3n) is 3.53. The monoisotopic (exact) mass is 215 g/mol. The molecule has 2 fully saturated rings. The van der Waals surface area contributed by atoms with E-state index >= 15 is 0 Å². The van der Waals surface area contributed by atoms with Gasteiger partial charge in [0.1, 0.15) is 11.7 Å². The molecule has 0 amide bonds. The van der Waals surface area contributed by atoms with Crippen LogP contribution in [0.4, 0.5) is 5.69 Å². The molecule has 1 aliphatic heterocycles. The molecular formula is C12H13N3O. The zero-order valence-corrected chi connectivity index (χ0v) is 8.93. The molecule has 4 heteroatoms. The van der Waals surface area contributed by atoms with Crippen LogP contribution in [0.25, 0.3) is 0 Å². The van der Waals surface area contributed by atoms with Gasteiger partial charge in [-0.1, -0.05) is 0 Å². The lowest BCUT2D eigenvalue weighted by atomic mass is 9.88. The van der Waals surface area contributed by atoms with Gasteiger partial charge in [0.05, 0.1) is 17.4 Å². The van der Waals surface area contributed by atoms with Gasteiger partial charge >= 0.3 is 0 Å². The number of anilines is 1. The predicted molar refractivity (Wildman–Crippen MR) is 58.8 cm³/mol. The maximum atomic E-state index is 10.2. The highest BCUT2D eigenvalue weighted by Crippen LogP contribution is 2.45. The smallest absolute Gasteiger partial charge is 0.102 e. The number of pyridine rings is 1. The van der Waals surface area contributed by atoms with E-state index in [4.69, 9.17) is 5.26 Å². The quantitative estimate of drug-likeness (QED) is 0.796. The van der Waals surface area contributed by atoms with Crippen LogP contribution >= 0.6 is 0 Å². The van der Waals surface area contributed by atoms with E-state index in [0.717, 1.165) is 18.5 Å². The Morgan fingerprint density at radius 1 is 1.50 bits per heavy atom. The van der Waals surface area contributed by atoms with Crippen molar-refractivity contribution in [2.45, 2.75) is 18.4 Å². The third-order valence-corrected chi connectivity index (χ3v) is 3.53. The average molecular weight is 215 g/mol. The molecule has 1 saturated heterocycles. The van der Waals surface area contributed by atoms with Gasteiger partial charge in [0, 0.05) is 19.3 Å². The molecule has 2 heterocycles. The summed E-state index contributed by atoms with van der Waals surface area (Å²) in [4.78, 5) is 6.06. The molecule has 0 atom stereocenters. The highest BCUT2D eigenvalue weighted by molar-refractivity contribution is 5.60. The summed E-state index contributed by atoms with van der Waals surface area (Å²) in [5.41, 5.74) is 0.964. The molecule has 4 nitrogen and oxygen atoms in total. The normalized spacial score (nSPS) is 22.4. The summed E-state index contributed by atoms with van der Waals surface area (Å²) in [6.45, 7) is 1.27. The minimum Gasteiger partial charge on any atom is -0.386 e. The summed E-state index contributed by atoms with van der Waals surface area (Å²) in [5, 5.41) is 19.2. The maximum absolute atomic E-state index is 10.2. The second-order valence-corrected chi connectivity index (χ2v) is 4.74. The highest BCUT2D eigenvalue weighted by atomic mass is 16.3. The topological polar surface area (TPSA) is 60.2 Å². The van der Waals surface area contributed by atoms with Gasteiger partial charge in [0.2, 0.25) is 0 Å². The van der Waals surface area contributed by atoms with E-state index in [9.17, 15) is 5.11 Å². The van der Waals surface area contributed by atoms with Gasteiger partial charge in [-0.3, -0.25) is 4.98 Å². The van der Waals surface area contributed by atoms with Crippen LogP contribution in [0.5, 0.6) is 0 Å². The standard InChI is InChI=1S/C12H13N3O/c13-5-9-3-4-14-6-11(9)15-7-12(16,8-15)10-1-2-10/h3-4,6,10,16H,1-2,7-8H2. The Bertz CT molecular complexity index is 456. The molecule has 3 rings (SSSR count). The maximum Gasteiger partial charge on any atom is 0.102 e.